The number of nitrogens with one attached hydrogen (secondary N) is 1. The van der Waals surface area contributed by atoms with Crippen molar-refractivity contribution >= 4 is 51.6 Å². The van der Waals surface area contributed by atoms with Gasteiger partial charge in [-0.1, -0.05) is 15.9 Å². The van der Waals surface area contributed by atoms with Crippen LogP contribution in [0.5, 0.6) is 23.0 Å². The molecular weight excluding hydrogens is 529 g/mol. The largest absolute Gasteiger partial charge is 0.493 e. The Morgan fingerprint density at radius 2 is 1.48 bits per heavy atom. The molecule has 0 saturated carbocycles. The molecule has 0 atom stereocenters. The molecule has 0 radical (unpaired) electrons. The van der Waals surface area contributed by atoms with E-state index in [1.807, 2.05) is 18.2 Å². The third kappa shape index (κ3) is 6.06. The third-order valence-corrected chi connectivity index (χ3v) is 4.37. The molecule has 0 fully saturated rings. The molecule has 0 spiro atoms. The van der Waals surface area contributed by atoms with E-state index in [-0.39, 0.29) is 29.9 Å². The summed E-state index contributed by atoms with van der Waals surface area (Å²) in [6.07, 6.45) is 0. The van der Waals surface area contributed by atoms with Gasteiger partial charge in [0.15, 0.2) is 29.0 Å². The minimum Gasteiger partial charge on any atom is -0.493 e. The molecule has 0 unspecified atom stereocenters. The zero-order valence-corrected chi connectivity index (χ0v) is 19.5. The van der Waals surface area contributed by atoms with Crippen LogP contribution >= 0.6 is 39.9 Å². The number of hydrogen-bond donors (Lipinski definition) is 2. The van der Waals surface area contributed by atoms with E-state index >= 15 is 0 Å². The maximum Gasteiger partial charge on any atom is 0.193 e. The summed E-state index contributed by atoms with van der Waals surface area (Å²) >= 11 is 3.51. The van der Waals surface area contributed by atoms with Gasteiger partial charge in [0.05, 0.1) is 35.0 Å². The van der Waals surface area contributed by atoms with Crippen LogP contribution in [0.15, 0.2) is 39.8 Å². The quantitative estimate of drug-likeness (QED) is 0.307. The number of hydrogen-bond acceptors (Lipinski definition) is 5. The number of guanidine groups is 1. The van der Waals surface area contributed by atoms with Crippen molar-refractivity contribution in [2.24, 2.45) is 10.7 Å². The molecule has 0 heterocycles. The minimum atomic E-state index is 0. The zero-order valence-electron chi connectivity index (χ0n) is 15.5. The summed E-state index contributed by atoms with van der Waals surface area (Å²) in [7, 11) is 6.34. The number of ether oxygens (including phenoxy) is 4. The maximum atomic E-state index is 5.99. The molecule has 0 saturated heterocycles. The third-order valence-electron chi connectivity index (χ3n) is 3.63. The van der Waals surface area contributed by atoms with Crippen LogP contribution in [0.3, 0.4) is 0 Å². The highest BCUT2D eigenvalue weighted by atomic mass is 127. The lowest BCUT2D eigenvalue weighted by Gasteiger charge is -2.12. The van der Waals surface area contributed by atoms with Crippen LogP contribution in [0.4, 0.5) is 5.69 Å². The van der Waals surface area contributed by atoms with Gasteiger partial charge in [-0.2, -0.15) is 0 Å². The van der Waals surface area contributed by atoms with Crippen LogP contribution in [0.2, 0.25) is 0 Å². The number of benzene rings is 2. The molecule has 2 rings (SSSR count). The van der Waals surface area contributed by atoms with Crippen LogP contribution in [0.1, 0.15) is 5.56 Å². The van der Waals surface area contributed by atoms with Crippen molar-refractivity contribution in [3.63, 3.8) is 0 Å². The number of aliphatic imine (C=N–C) groups is 1. The molecule has 7 nitrogen and oxygen atoms in total. The van der Waals surface area contributed by atoms with Gasteiger partial charge in [0.1, 0.15) is 0 Å². The van der Waals surface area contributed by atoms with E-state index in [1.54, 1.807) is 40.6 Å². The normalized spacial score (nSPS) is 10.6. The molecule has 0 aliphatic rings. The first-order chi connectivity index (χ1) is 12.5. The fourth-order valence-corrected chi connectivity index (χ4v) is 2.74. The Bertz CT molecular complexity index is 802. The minimum absolute atomic E-state index is 0. The van der Waals surface area contributed by atoms with Crippen LogP contribution in [0.25, 0.3) is 0 Å². The predicted molar refractivity (Wildman–Crippen MR) is 121 cm³/mol. The molecule has 3 N–H and O–H groups in total. The van der Waals surface area contributed by atoms with Crippen molar-refractivity contribution in [1.29, 1.82) is 0 Å². The monoisotopic (exact) mass is 551 g/mol. The summed E-state index contributed by atoms with van der Waals surface area (Å²) in [6, 6.07) is 9.10. The van der Waals surface area contributed by atoms with Crippen molar-refractivity contribution in [3.05, 3.63) is 40.4 Å². The zero-order chi connectivity index (χ0) is 19.1. The maximum absolute atomic E-state index is 5.99. The van der Waals surface area contributed by atoms with E-state index in [0.717, 1.165) is 15.7 Å². The lowest BCUT2D eigenvalue weighted by Crippen LogP contribution is -2.22. The van der Waals surface area contributed by atoms with Gasteiger partial charge in [-0.05, 0) is 29.8 Å². The number of rotatable bonds is 7. The van der Waals surface area contributed by atoms with Crippen molar-refractivity contribution in [2.75, 3.05) is 33.8 Å². The molecule has 2 aromatic rings. The Labute approximate surface area is 184 Å². The fourth-order valence-electron chi connectivity index (χ4n) is 2.29. The van der Waals surface area contributed by atoms with E-state index < -0.39 is 0 Å². The van der Waals surface area contributed by atoms with Gasteiger partial charge in [-0.3, -0.25) is 0 Å². The Kier molecular flexibility index (Phi) is 9.50. The molecule has 9 heteroatoms. The topological polar surface area (TPSA) is 87.3 Å². The van der Waals surface area contributed by atoms with E-state index in [9.17, 15) is 0 Å². The van der Waals surface area contributed by atoms with E-state index in [0.29, 0.717) is 29.5 Å². The summed E-state index contributed by atoms with van der Waals surface area (Å²) in [6.45, 7) is 0.368. The van der Waals surface area contributed by atoms with Crippen molar-refractivity contribution < 1.29 is 18.9 Å². The highest BCUT2D eigenvalue weighted by molar-refractivity contribution is 14.0. The second kappa shape index (κ2) is 11.1. The molecule has 0 aliphatic carbocycles. The molecule has 0 aromatic heterocycles. The van der Waals surface area contributed by atoms with E-state index in [1.165, 1.54) is 0 Å². The summed E-state index contributed by atoms with van der Waals surface area (Å²) in [4.78, 5) is 4.36. The Balaban J connectivity index is 0.00000364. The second-order valence-corrected chi connectivity index (χ2v) is 6.05. The number of nitrogens with zero attached hydrogens (tertiary/aromatic N) is 1. The lowest BCUT2D eigenvalue weighted by molar-refractivity contribution is 0.354. The molecule has 0 aliphatic heterocycles. The first-order valence-corrected chi connectivity index (χ1v) is 8.51. The second-order valence-electron chi connectivity index (χ2n) is 5.19. The van der Waals surface area contributed by atoms with Gasteiger partial charge in [0, 0.05) is 16.2 Å². The highest BCUT2D eigenvalue weighted by Gasteiger charge is 2.10. The predicted octanol–water partition coefficient (Wildman–Crippen LogP) is 4.03. The molecule has 0 bridgehead atoms. The molecule has 148 valence electrons. The SMILES string of the molecule is COc1ccc(NC(N)=NCc2cc(OC)c(OC)cc2Br)cc1OC.I. The fraction of sp³-hybridized carbons (Fsp3) is 0.278. The smallest absolute Gasteiger partial charge is 0.193 e. The van der Waals surface area contributed by atoms with Gasteiger partial charge >= 0.3 is 0 Å². The summed E-state index contributed by atoms with van der Waals surface area (Å²) in [5, 5.41) is 3.03. The highest BCUT2D eigenvalue weighted by Crippen LogP contribution is 2.33. The van der Waals surface area contributed by atoms with Crippen LogP contribution in [-0.4, -0.2) is 34.4 Å². The first kappa shape index (κ1) is 23.2. The average Bonchev–Trinajstić information content (AvgIpc) is 2.66. The van der Waals surface area contributed by atoms with E-state index in [4.69, 9.17) is 24.7 Å². The van der Waals surface area contributed by atoms with Crippen LogP contribution < -0.4 is 30.0 Å². The first-order valence-electron chi connectivity index (χ1n) is 7.71. The summed E-state index contributed by atoms with van der Waals surface area (Å²) < 4.78 is 21.9. The van der Waals surface area contributed by atoms with Gasteiger partial charge in [-0.15, -0.1) is 24.0 Å². The molecule has 0 amide bonds. The molecular formula is C18H23BrIN3O4. The van der Waals surface area contributed by atoms with Crippen LogP contribution in [-0.2, 0) is 6.54 Å². The number of nitrogens with two attached hydrogens (primary N) is 1. The van der Waals surface area contributed by atoms with Gasteiger partial charge in [0.2, 0.25) is 0 Å². The van der Waals surface area contributed by atoms with Gasteiger partial charge in [0.25, 0.3) is 0 Å². The molecule has 27 heavy (non-hydrogen) atoms. The van der Waals surface area contributed by atoms with Crippen molar-refractivity contribution in [2.45, 2.75) is 6.54 Å². The lowest BCUT2D eigenvalue weighted by atomic mass is 10.2. The van der Waals surface area contributed by atoms with Crippen LogP contribution in [0, 0.1) is 0 Å². The number of methoxy groups -OCH3 is 4. The Morgan fingerprint density at radius 3 is 2.07 bits per heavy atom. The Morgan fingerprint density at radius 1 is 0.926 bits per heavy atom. The van der Waals surface area contributed by atoms with E-state index in [2.05, 4.69) is 26.2 Å². The number of halogens is 2. The standard InChI is InChI=1S/C18H22BrN3O4.HI/c1-23-14-6-5-12(8-16(14)25-3)22-18(20)21-10-11-7-15(24-2)17(26-4)9-13(11)19;/h5-9H,10H2,1-4H3,(H3,20,21,22);1H. The average molecular weight is 552 g/mol. The number of anilines is 1. The summed E-state index contributed by atoms with van der Waals surface area (Å²) in [5.41, 5.74) is 7.65. The Hall–Kier alpha value is -1.88. The summed E-state index contributed by atoms with van der Waals surface area (Å²) in [5.74, 6) is 2.80. The van der Waals surface area contributed by atoms with Gasteiger partial charge < -0.3 is 30.0 Å². The van der Waals surface area contributed by atoms with Gasteiger partial charge in [-0.25, -0.2) is 4.99 Å². The van der Waals surface area contributed by atoms with Crippen molar-refractivity contribution in [3.8, 4) is 23.0 Å². The van der Waals surface area contributed by atoms with Crippen molar-refractivity contribution in [1.82, 2.24) is 0 Å². The molecule has 2 aromatic carbocycles.